The van der Waals surface area contributed by atoms with E-state index < -0.39 is 11.0 Å². The maximum atomic E-state index is 12.1. The molecule has 0 aliphatic heterocycles. The molecule has 2 aromatic rings. The molecule has 1 atom stereocenters. The maximum Gasteiger partial charge on any atom is 0.269 e. The first-order valence-electron chi connectivity index (χ1n) is 6.95. The Labute approximate surface area is 138 Å². The molecule has 23 heavy (non-hydrogen) atoms. The van der Waals surface area contributed by atoms with Crippen LogP contribution in [0.1, 0.15) is 12.5 Å². The summed E-state index contributed by atoms with van der Waals surface area (Å²) in [5.74, 6) is -0.254. The Balaban J connectivity index is 1.99. The minimum Gasteiger partial charge on any atom is -0.374 e. The van der Waals surface area contributed by atoms with Crippen LogP contribution in [0, 0.1) is 17.0 Å². The lowest BCUT2D eigenvalue weighted by Gasteiger charge is -2.16. The number of nitro groups is 1. The minimum absolute atomic E-state index is 0.0246. The number of nitrogens with zero attached hydrogens (tertiary/aromatic N) is 1. The van der Waals surface area contributed by atoms with Gasteiger partial charge in [-0.1, -0.05) is 17.7 Å². The molecule has 0 unspecified atom stereocenters. The number of non-ortho nitro benzene ring substituents is 1. The molecule has 7 heteroatoms. The van der Waals surface area contributed by atoms with E-state index in [9.17, 15) is 14.9 Å². The molecule has 2 aromatic carbocycles. The van der Waals surface area contributed by atoms with Crippen molar-refractivity contribution in [2.45, 2.75) is 19.9 Å². The third-order valence-corrected chi connectivity index (χ3v) is 3.70. The van der Waals surface area contributed by atoms with E-state index in [0.717, 1.165) is 11.3 Å². The summed E-state index contributed by atoms with van der Waals surface area (Å²) in [4.78, 5) is 22.3. The van der Waals surface area contributed by atoms with Gasteiger partial charge < -0.3 is 10.6 Å². The number of hydrogen-bond donors (Lipinski definition) is 2. The number of carbonyl (C=O) groups excluding carboxylic acids is 1. The average molecular weight is 334 g/mol. The third-order valence-electron chi connectivity index (χ3n) is 3.29. The van der Waals surface area contributed by atoms with Gasteiger partial charge in [0.1, 0.15) is 6.04 Å². The molecular weight excluding hydrogens is 318 g/mol. The van der Waals surface area contributed by atoms with Crippen molar-refractivity contribution >= 4 is 34.6 Å². The van der Waals surface area contributed by atoms with Crippen LogP contribution in [0.25, 0.3) is 0 Å². The predicted molar refractivity (Wildman–Crippen MR) is 91.0 cm³/mol. The van der Waals surface area contributed by atoms with Gasteiger partial charge in [-0.3, -0.25) is 14.9 Å². The van der Waals surface area contributed by atoms with Crippen molar-refractivity contribution in [1.29, 1.82) is 0 Å². The molecule has 0 spiro atoms. The lowest BCUT2D eigenvalue weighted by atomic mass is 10.2. The summed E-state index contributed by atoms with van der Waals surface area (Å²) in [6, 6.07) is 10.6. The third kappa shape index (κ3) is 4.43. The van der Waals surface area contributed by atoms with Crippen LogP contribution in [0.5, 0.6) is 0 Å². The van der Waals surface area contributed by atoms with Crippen molar-refractivity contribution in [1.82, 2.24) is 0 Å². The Morgan fingerprint density at radius 1 is 1.17 bits per heavy atom. The number of rotatable bonds is 5. The summed E-state index contributed by atoms with van der Waals surface area (Å²) >= 11 is 6.05. The highest BCUT2D eigenvalue weighted by molar-refractivity contribution is 6.31. The van der Waals surface area contributed by atoms with Crippen LogP contribution < -0.4 is 10.6 Å². The highest BCUT2D eigenvalue weighted by Gasteiger charge is 2.14. The van der Waals surface area contributed by atoms with Gasteiger partial charge in [0.25, 0.3) is 5.69 Å². The van der Waals surface area contributed by atoms with Crippen LogP contribution >= 0.6 is 11.6 Å². The predicted octanol–water partition coefficient (Wildman–Crippen LogP) is 4.00. The van der Waals surface area contributed by atoms with Crippen LogP contribution in [-0.4, -0.2) is 16.9 Å². The van der Waals surface area contributed by atoms with Crippen molar-refractivity contribution in [3.63, 3.8) is 0 Å². The smallest absolute Gasteiger partial charge is 0.269 e. The van der Waals surface area contributed by atoms with Gasteiger partial charge in [-0.2, -0.15) is 0 Å². The number of halogens is 1. The second-order valence-corrected chi connectivity index (χ2v) is 5.53. The maximum absolute atomic E-state index is 12.1. The number of nitro benzene ring substituents is 1. The first-order chi connectivity index (χ1) is 10.9. The topological polar surface area (TPSA) is 84.3 Å². The highest BCUT2D eigenvalue weighted by Crippen LogP contribution is 2.21. The summed E-state index contributed by atoms with van der Waals surface area (Å²) in [7, 11) is 0. The van der Waals surface area contributed by atoms with Crippen LogP contribution in [0.2, 0.25) is 5.02 Å². The molecule has 120 valence electrons. The van der Waals surface area contributed by atoms with Gasteiger partial charge in [-0.15, -0.1) is 0 Å². The van der Waals surface area contributed by atoms with Crippen molar-refractivity contribution < 1.29 is 9.72 Å². The van der Waals surface area contributed by atoms with Crippen LogP contribution in [0.3, 0.4) is 0 Å². The van der Waals surface area contributed by atoms with Crippen molar-refractivity contribution in [3.05, 3.63) is 63.2 Å². The quantitative estimate of drug-likeness (QED) is 0.640. The van der Waals surface area contributed by atoms with Gasteiger partial charge in [0.05, 0.1) is 4.92 Å². The molecule has 0 bridgehead atoms. The molecule has 0 radical (unpaired) electrons. The van der Waals surface area contributed by atoms with Gasteiger partial charge in [-0.05, 0) is 43.7 Å². The minimum atomic E-state index is -0.496. The zero-order chi connectivity index (χ0) is 17.0. The number of hydrogen-bond acceptors (Lipinski definition) is 4. The highest BCUT2D eigenvalue weighted by atomic mass is 35.5. The van der Waals surface area contributed by atoms with Crippen molar-refractivity contribution in [2.24, 2.45) is 0 Å². The van der Waals surface area contributed by atoms with E-state index in [2.05, 4.69) is 10.6 Å². The Hall–Kier alpha value is -2.60. The molecule has 2 N–H and O–H groups in total. The summed E-state index contributed by atoms with van der Waals surface area (Å²) < 4.78 is 0. The number of anilines is 2. The Morgan fingerprint density at radius 2 is 1.78 bits per heavy atom. The summed E-state index contributed by atoms with van der Waals surface area (Å²) in [6.45, 7) is 3.62. The van der Waals surface area contributed by atoms with E-state index in [-0.39, 0.29) is 11.6 Å². The monoisotopic (exact) mass is 333 g/mol. The molecule has 0 fully saturated rings. The zero-order valence-corrected chi connectivity index (χ0v) is 13.4. The van der Waals surface area contributed by atoms with Crippen molar-refractivity contribution in [2.75, 3.05) is 10.6 Å². The molecule has 6 nitrogen and oxygen atoms in total. The van der Waals surface area contributed by atoms with Gasteiger partial charge in [0.2, 0.25) is 5.91 Å². The number of carbonyl (C=O) groups is 1. The molecule has 0 heterocycles. The van der Waals surface area contributed by atoms with Gasteiger partial charge in [0, 0.05) is 28.5 Å². The summed E-state index contributed by atoms with van der Waals surface area (Å²) in [6.07, 6.45) is 0. The average Bonchev–Trinajstić information content (AvgIpc) is 2.51. The largest absolute Gasteiger partial charge is 0.374 e. The first-order valence-corrected chi connectivity index (χ1v) is 7.32. The van der Waals surface area contributed by atoms with Gasteiger partial charge >= 0.3 is 0 Å². The van der Waals surface area contributed by atoms with E-state index in [4.69, 9.17) is 11.6 Å². The Morgan fingerprint density at radius 3 is 2.35 bits per heavy atom. The zero-order valence-electron chi connectivity index (χ0n) is 12.7. The second-order valence-electron chi connectivity index (χ2n) is 5.12. The van der Waals surface area contributed by atoms with E-state index in [1.807, 2.05) is 19.1 Å². The summed E-state index contributed by atoms with van der Waals surface area (Å²) in [5, 5.41) is 17.0. The fourth-order valence-corrected chi connectivity index (χ4v) is 2.10. The molecule has 0 saturated heterocycles. The molecule has 0 aliphatic carbocycles. The van der Waals surface area contributed by atoms with E-state index >= 15 is 0 Å². The second kappa shape index (κ2) is 7.11. The molecule has 2 rings (SSSR count). The fourth-order valence-electron chi connectivity index (χ4n) is 1.92. The number of nitrogens with one attached hydrogen (secondary N) is 2. The standard InChI is InChI=1S/C16H16ClN3O3/c1-10-3-4-13(9-15(10)17)18-11(2)16(21)19-12-5-7-14(8-6-12)20(22)23/h3-9,11,18H,1-2H3,(H,19,21)/t11-/m0/s1. The number of amides is 1. The SMILES string of the molecule is Cc1ccc(N[C@@H](C)C(=O)Nc2ccc([N+](=O)[O-])cc2)cc1Cl. The molecule has 1 amide bonds. The molecule has 0 saturated carbocycles. The first kappa shape index (κ1) is 16.8. The lowest BCUT2D eigenvalue weighted by molar-refractivity contribution is -0.384. The van der Waals surface area contributed by atoms with E-state index in [1.165, 1.54) is 24.3 Å². The van der Waals surface area contributed by atoms with E-state index in [0.29, 0.717) is 10.7 Å². The number of aryl methyl sites for hydroxylation is 1. The number of benzene rings is 2. The van der Waals surface area contributed by atoms with Gasteiger partial charge in [-0.25, -0.2) is 0 Å². The lowest BCUT2D eigenvalue weighted by Crippen LogP contribution is -2.31. The fraction of sp³-hybridized carbons (Fsp3) is 0.188. The van der Waals surface area contributed by atoms with Crippen LogP contribution in [0.4, 0.5) is 17.1 Å². The molecular formula is C16H16ClN3O3. The van der Waals surface area contributed by atoms with Crippen LogP contribution in [-0.2, 0) is 4.79 Å². The van der Waals surface area contributed by atoms with Crippen molar-refractivity contribution in [3.8, 4) is 0 Å². The summed E-state index contributed by atoms with van der Waals surface area (Å²) in [5.41, 5.74) is 2.17. The Kier molecular flexibility index (Phi) is 5.18. The molecule has 0 aliphatic rings. The Bertz CT molecular complexity index is 732. The van der Waals surface area contributed by atoms with Crippen LogP contribution in [0.15, 0.2) is 42.5 Å². The van der Waals surface area contributed by atoms with E-state index in [1.54, 1.807) is 13.0 Å². The molecule has 0 aromatic heterocycles. The normalized spacial score (nSPS) is 11.6. The van der Waals surface area contributed by atoms with Gasteiger partial charge in [0.15, 0.2) is 0 Å².